The topological polar surface area (TPSA) is 88.2 Å². The molecule has 1 aromatic rings. The van der Waals surface area contributed by atoms with Crippen LogP contribution in [-0.4, -0.2) is 67.7 Å². The van der Waals surface area contributed by atoms with Gasteiger partial charge in [-0.1, -0.05) is 12.1 Å². The smallest absolute Gasteiger partial charge is 0.338 e. The Kier molecular flexibility index (Phi) is 7.84. The second-order valence-corrected chi connectivity index (χ2v) is 7.90. The van der Waals surface area contributed by atoms with Crippen LogP contribution in [0.1, 0.15) is 38.3 Å². The van der Waals surface area contributed by atoms with Crippen molar-refractivity contribution in [2.45, 2.75) is 32.7 Å². The van der Waals surface area contributed by atoms with E-state index in [4.69, 9.17) is 9.47 Å². The number of hydrogen-bond donors (Lipinski definition) is 1. The predicted octanol–water partition coefficient (Wildman–Crippen LogP) is 2.61. The molecular formula is C23H30FN3O5. The zero-order valence-corrected chi connectivity index (χ0v) is 18.7. The summed E-state index contributed by atoms with van der Waals surface area (Å²) in [6.45, 7) is 5.43. The molecule has 3 rings (SSSR count). The van der Waals surface area contributed by atoms with E-state index < -0.39 is 23.9 Å². The van der Waals surface area contributed by atoms with E-state index in [1.54, 1.807) is 27.0 Å². The number of carbonyl (C=O) groups is 3. The van der Waals surface area contributed by atoms with Crippen molar-refractivity contribution < 1.29 is 28.2 Å². The molecule has 0 radical (unpaired) electrons. The Morgan fingerprint density at radius 2 is 1.97 bits per heavy atom. The third-order valence-electron chi connectivity index (χ3n) is 5.75. The fourth-order valence-electron chi connectivity index (χ4n) is 4.20. The SMILES string of the molecule is CCOC(=O)C1=C(CN2CCC[C@H](C(=O)OCC)C2)N(C)C(=O)N[C@H]1c1cccc(F)c1. The van der Waals surface area contributed by atoms with E-state index >= 15 is 0 Å². The number of amides is 2. The standard InChI is InChI=1S/C23H30FN3O5/c1-4-31-21(28)16-9-7-11-27(13-16)14-18-19(22(29)32-5-2)20(25-23(30)26(18)3)15-8-6-10-17(24)12-15/h6,8,10,12,16,20H,4-5,7,9,11,13-14H2,1-3H3,(H,25,30)/t16-,20-/m0/s1. The quantitative estimate of drug-likeness (QED) is 0.647. The molecule has 1 saturated heterocycles. The largest absolute Gasteiger partial charge is 0.466 e. The van der Waals surface area contributed by atoms with Crippen molar-refractivity contribution in [2.75, 3.05) is 39.9 Å². The number of nitrogens with one attached hydrogen (secondary N) is 1. The average Bonchev–Trinajstić information content (AvgIpc) is 2.77. The number of rotatable bonds is 7. The van der Waals surface area contributed by atoms with Gasteiger partial charge in [-0.2, -0.15) is 0 Å². The Labute approximate surface area is 187 Å². The average molecular weight is 448 g/mol. The van der Waals surface area contributed by atoms with Gasteiger partial charge in [-0.15, -0.1) is 0 Å². The lowest BCUT2D eigenvalue weighted by molar-refractivity contribution is -0.150. The molecule has 9 heteroatoms. The summed E-state index contributed by atoms with van der Waals surface area (Å²) in [5, 5.41) is 2.78. The normalized spacial score (nSPS) is 21.9. The van der Waals surface area contributed by atoms with Crippen LogP contribution in [0.2, 0.25) is 0 Å². The number of esters is 2. The fraction of sp³-hybridized carbons (Fsp3) is 0.522. The van der Waals surface area contributed by atoms with Crippen LogP contribution < -0.4 is 5.32 Å². The molecule has 0 bridgehead atoms. The number of nitrogens with zero attached hydrogens (tertiary/aromatic N) is 2. The maximum atomic E-state index is 13.9. The Bertz CT molecular complexity index is 903. The van der Waals surface area contributed by atoms with Crippen molar-refractivity contribution >= 4 is 18.0 Å². The number of ether oxygens (including phenoxy) is 2. The van der Waals surface area contributed by atoms with Gasteiger partial charge >= 0.3 is 18.0 Å². The van der Waals surface area contributed by atoms with Gasteiger partial charge in [-0.25, -0.2) is 14.0 Å². The second kappa shape index (κ2) is 10.6. The van der Waals surface area contributed by atoms with Gasteiger partial charge in [0.2, 0.25) is 0 Å². The van der Waals surface area contributed by atoms with E-state index in [9.17, 15) is 18.8 Å². The first-order valence-corrected chi connectivity index (χ1v) is 10.9. The minimum atomic E-state index is -0.839. The van der Waals surface area contributed by atoms with E-state index in [2.05, 4.69) is 5.32 Å². The van der Waals surface area contributed by atoms with E-state index in [0.717, 1.165) is 19.4 Å². The first-order valence-electron chi connectivity index (χ1n) is 10.9. The third-order valence-corrected chi connectivity index (χ3v) is 5.75. The molecule has 1 fully saturated rings. The van der Waals surface area contributed by atoms with Crippen molar-refractivity contribution in [3.63, 3.8) is 0 Å². The van der Waals surface area contributed by atoms with Crippen LogP contribution in [0.15, 0.2) is 35.5 Å². The van der Waals surface area contributed by atoms with Gasteiger partial charge in [0.25, 0.3) is 0 Å². The predicted molar refractivity (Wildman–Crippen MR) is 115 cm³/mol. The first-order chi connectivity index (χ1) is 15.3. The van der Waals surface area contributed by atoms with E-state index in [-0.39, 0.29) is 30.6 Å². The fourth-order valence-corrected chi connectivity index (χ4v) is 4.20. The van der Waals surface area contributed by atoms with Crippen LogP contribution in [0.4, 0.5) is 9.18 Å². The Morgan fingerprint density at radius 3 is 2.66 bits per heavy atom. The number of halogens is 1. The van der Waals surface area contributed by atoms with E-state index in [0.29, 0.717) is 24.4 Å². The Morgan fingerprint density at radius 1 is 1.22 bits per heavy atom. The van der Waals surface area contributed by atoms with Gasteiger partial charge in [-0.05, 0) is 50.9 Å². The van der Waals surface area contributed by atoms with Gasteiger partial charge in [-0.3, -0.25) is 14.6 Å². The lowest BCUT2D eigenvalue weighted by Gasteiger charge is -2.38. The van der Waals surface area contributed by atoms with Gasteiger partial charge < -0.3 is 14.8 Å². The van der Waals surface area contributed by atoms with Crippen LogP contribution in [0.3, 0.4) is 0 Å². The molecule has 174 valence electrons. The molecule has 0 unspecified atom stereocenters. The number of likely N-dealkylation sites (tertiary alicyclic amines) is 1. The minimum absolute atomic E-state index is 0.164. The number of hydrogen-bond acceptors (Lipinski definition) is 6. The summed E-state index contributed by atoms with van der Waals surface area (Å²) >= 11 is 0. The minimum Gasteiger partial charge on any atom is -0.466 e. The molecule has 2 aliphatic rings. The molecule has 0 aromatic heterocycles. The van der Waals surface area contributed by atoms with Gasteiger partial charge in [0.15, 0.2) is 0 Å². The first kappa shape index (κ1) is 23.7. The van der Waals surface area contributed by atoms with Crippen molar-refractivity contribution in [3.8, 4) is 0 Å². The number of urea groups is 1. The van der Waals surface area contributed by atoms with Crippen LogP contribution in [0.25, 0.3) is 0 Å². The highest BCUT2D eigenvalue weighted by molar-refractivity contribution is 5.95. The second-order valence-electron chi connectivity index (χ2n) is 7.90. The van der Waals surface area contributed by atoms with Crippen molar-refractivity contribution in [2.24, 2.45) is 5.92 Å². The van der Waals surface area contributed by atoms with Crippen LogP contribution >= 0.6 is 0 Å². The van der Waals surface area contributed by atoms with Gasteiger partial charge in [0.05, 0.1) is 30.7 Å². The highest BCUT2D eigenvalue weighted by atomic mass is 19.1. The summed E-state index contributed by atoms with van der Waals surface area (Å²) in [6.07, 6.45) is 1.54. The van der Waals surface area contributed by atoms with E-state index in [1.165, 1.54) is 23.1 Å². The van der Waals surface area contributed by atoms with Crippen LogP contribution in [-0.2, 0) is 19.1 Å². The zero-order valence-electron chi connectivity index (χ0n) is 18.7. The Balaban J connectivity index is 1.97. The molecule has 2 atom stereocenters. The van der Waals surface area contributed by atoms with Gasteiger partial charge in [0.1, 0.15) is 5.82 Å². The van der Waals surface area contributed by atoms with Crippen LogP contribution in [0, 0.1) is 11.7 Å². The summed E-state index contributed by atoms with van der Waals surface area (Å²) in [4.78, 5) is 41.4. The molecule has 0 saturated carbocycles. The molecule has 2 amide bonds. The summed E-state index contributed by atoms with van der Waals surface area (Å²) in [6, 6.07) is 4.55. The van der Waals surface area contributed by atoms with Crippen molar-refractivity contribution in [3.05, 3.63) is 46.9 Å². The molecular weight excluding hydrogens is 417 g/mol. The maximum absolute atomic E-state index is 13.9. The highest BCUT2D eigenvalue weighted by Crippen LogP contribution is 2.32. The number of piperidine rings is 1. The van der Waals surface area contributed by atoms with E-state index in [1.807, 2.05) is 4.90 Å². The summed E-state index contributed by atoms with van der Waals surface area (Å²) in [5.74, 6) is -1.52. The third kappa shape index (κ3) is 5.27. The van der Waals surface area contributed by atoms with Crippen LogP contribution in [0.5, 0.6) is 0 Å². The number of carbonyl (C=O) groups excluding carboxylic acids is 3. The summed E-state index contributed by atoms with van der Waals surface area (Å²) < 4.78 is 24.4. The molecule has 2 heterocycles. The van der Waals surface area contributed by atoms with Gasteiger partial charge in [0, 0.05) is 25.8 Å². The maximum Gasteiger partial charge on any atom is 0.338 e. The van der Waals surface area contributed by atoms with Crippen molar-refractivity contribution in [1.82, 2.24) is 15.1 Å². The lowest BCUT2D eigenvalue weighted by atomic mass is 9.93. The zero-order chi connectivity index (χ0) is 23.3. The number of likely N-dealkylation sites (N-methyl/N-ethyl adjacent to an activating group) is 1. The number of benzene rings is 1. The Hall–Kier alpha value is -2.94. The summed E-state index contributed by atoms with van der Waals surface area (Å²) in [7, 11) is 1.58. The molecule has 0 aliphatic carbocycles. The highest BCUT2D eigenvalue weighted by Gasteiger charge is 2.38. The molecule has 0 spiro atoms. The molecule has 1 N–H and O–H groups in total. The molecule has 2 aliphatic heterocycles. The molecule has 32 heavy (non-hydrogen) atoms. The monoisotopic (exact) mass is 447 g/mol. The molecule has 8 nitrogen and oxygen atoms in total. The summed E-state index contributed by atoms with van der Waals surface area (Å²) in [5.41, 5.74) is 1.19. The lowest BCUT2D eigenvalue weighted by Crippen LogP contribution is -2.50. The molecule has 1 aromatic carbocycles. The van der Waals surface area contributed by atoms with Crippen molar-refractivity contribution in [1.29, 1.82) is 0 Å².